The van der Waals surface area contributed by atoms with E-state index < -0.39 is 25.8 Å². The number of allylic oxidation sites excluding steroid dienone is 24. The van der Waals surface area contributed by atoms with E-state index in [1.54, 1.807) is 0 Å². The molecule has 2 unspecified atom stereocenters. The average molecular weight is 555 g/mol. The first-order valence-electron chi connectivity index (χ1n) is 10.6. The second-order valence-electron chi connectivity index (χ2n) is 8.05. The summed E-state index contributed by atoms with van der Waals surface area (Å²) in [6.07, 6.45) is 50.0. The quantitative estimate of drug-likeness (QED) is 0.456. The Morgan fingerprint density at radius 1 is 0.500 bits per heavy atom. The molecule has 0 radical (unpaired) electrons. The van der Waals surface area contributed by atoms with Crippen molar-refractivity contribution in [3.8, 4) is 0 Å². The summed E-state index contributed by atoms with van der Waals surface area (Å²) in [7, 11) is 0. The van der Waals surface area contributed by atoms with Crippen LogP contribution in [-0.2, 0) is 20.4 Å². The van der Waals surface area contributed by atoms with Gasteiger partial charge in [-0.1, -0.05) is 0 Å². The van der Waals surface area contributed by atoms with E-state index in [9.17, 15) is 0 Å². The summed E-state index contributed by atoms with van der Waals surface area (Å²) in [6, 6.07) is 0. The Balaban J connectivity index is 0.00000181. The van der Waals surface area contributed by atoms with E-state index >= 15 is 0 Å². The van der Waals surface area contributed by atoms with E-state index in [2.05, 4.69) is 147 Å². The molecule has 4 rings (SSSR count). The Bertz CT molecular complexity index is 1030. The number of fused-ring (bicyclic) bond motifs is 2. The molecule has 0 saturated heterocycles. The number of halogens is 2. The maximum atomic E-state index is 2.55. The zero-order chi connectivity index (χ0) is 20.9. The van der Waals surface area contributed by atoms with Gasteiger partial charge in [-0.25, -0.2) is 0 Å². The molecule has 4 heteroatoms. The van der Waals surface area contributed by atoms with Gasteiger partial charge < -0.3 is 24.8 Å². The molecule has 0 bridgehead atoms. The Morgan fingerprint density at radius 3 is 1.25 bits per heavy atom. The van der Waals surface area contributed by atoms with Crippen molar-refractivity contribution >= 4 is 5.43 Å². The van der Waals surface area contributed by atoms with Gasteiger partial charge in [0.05, 0.1) is 0 Å². The molecule has 0 amide bonds. The third-order valence-electron chi connectivity index (χ3n) is 5.93. The van der Waals surface area contributed by atoms with Crippen LogP contribution in [0.15, 0.2) is 145 Å². The molecule has 0 nitrogen and oxygen atoms in total. The molecule has 4 aliphatic rings. The molecule has 0 aliphatic heterocycles. The summed E-state index contributed by atoms with van der Waals surface area (Å²) >= 11 is -2.30. The van der Waals surface area contributed by atoms with Crippen LogP contribution in [0.4, 0.5) is 0 Å². The van der Waals surface area contributed by atoms with Gasteiger partial charge >= 0.3 is 190 Å². The molecule has 0 heterocycles. The van der Waals surface area contributed by atoms with Gasteiger partial charge in [-0.05, 0) is 0 Å². The van der Waals surface area contributed by atoms with E-state index in [0.717, 1.165) is 0 Å². The Labute approximate surface area is 213 Å². The average Bonchev–Trinajstić information content (AvgIpc) is 3.32. The minimum atomic E-state index is -2.30. The molecule has 32 heavy (non-hydrogen) atoms. The number of hydrogen-bond acceptors (Lipinski definition) is 0. The van der Waals surface area contributed by atoms with Crippen molar-refractivity contribution in [3.05, 3.63) is 145 Å². The topological polar surface area (TPSA) is 0 Å². The normalized spacial score (nSPS) is 34.3. The largest absolute Gasteiger partial charge is 1.00 e. The molecule has 0 aromatic heterocycles. The van der Waals surface area contributed by atoms with E-state index in [0.29, 0.717) is 0 Å². The minimum Gasteiger partial charge on any atom is -1.00 e. The fourth-order valence-corrected chi connectivity index (χ4v) is 28.8. The Kier molecular flexibility index (Phi) is 10.2. The zero-order valence-corrected chi connectivity index (χ0v) is 23.4. The van der Waals surface area contributed by atoms with Crippen LogP contribution < -0.4 is 24.8 Å². The molecule has 0 fully saturated rings. The van der Waals surface area contributed by atoms with Crippen LogP contribution in [0.25, 0.3) is 0 Å². The first-order chi connectivity index (χ1) is 14.7. The first kappa shape index (κ1) is 26.8. The maximum absolute atomic E-state index is 2.55. The van der Waals surface area contributed by atoms with Gasteiger partial charge in [0.25, 0.3) is 0 Å². The Hall–Kier alpha value is -1.44. The number of rotatable bonds is 2. The van der Waals surface area contributed by atoms with Crippen molar-refractivity contribution in [2.24, 2.45) is 0 Å². The fraction of sp³-hybridized carbons (Fsp3) is 0.143. The van der Waals surface area contributed by atoms with Crippen molar-refractivity contribution < 1.29 is 45.2 Å². The first-order valence-corrected chi connectivity index (χ1v) is 19.2. The van der Waals surface area contributed by atoms with Crippen LogP contribution in [0, 0.1) is 0 Å². The second-order valence-corrected chi connectivity index (χ2v) is 26.3. The predicted molar refractivity (Wildman–Crippen MR) is 130 cm³/mol. The minimum absolute atomic E-state index is 0. The molecule has 2 atom stereocenters. The van der Waals surface area contributed by atoms with E-state index in [1.165, 1.54) is 11.1 Å². The van der Waals surface area contributed by atoms with E-state index in [1.807, 2.05) is 0 Å². The predicted octanol–water partition coefficient (Wildman–Crippen LogP) is 1.65. The molecule has 0 N–H and O–H groups in total. The van der Waals surface area contributed by atoms with Crippen LogP contribution in [0.3, 0.4) is 0 Å². The zero-order valence-electron chi connectivity index (χ0n) is 18.5. The monoisotopic (exact) mass is 552 g/mol. The second kappa shape index (κ2) is 12.1. The van der Waals surface area contributed by atoms with Gasteiger partial charge in [-0.3, -0.25) is 0 Å². The molecule has 0 aromatic carbocycles. The van der Waals surface area contributed by atoms with Crippen molar-refractivity contribution in [1.82, 2.24) is 0 Å². The summed E-state index contributed by atoms with van der Waals surface area (Å²) in [5.41, 5.74) is 2.38. The third-order valence-corrected chi connectivity index (χ3v) is 26.3. The van der Waals surface area contributed by atoms with Crippen molar-refractivity contribution in [3.63, 3.8) is 0 Å². The summed E-state index contributed by atoms with van der Waals surface area (Å²) in [4.78, 5) is 0. The maximum Gasteiger partial charge on any atom is -1.00 e. The third kappa shape index (κ3) is 5.20. The summed E-state index contributed by atoms with van der Waals surface area (Å²) in [5.74, 6) is 0. The van der Waals surface area contributed by atoms with Gasteiger partial charge in [-0.15, -0.1) is 0 Å². The van der Waals surface area contributed by atoms with Gasteiger partial charge in [-0.2, -0.15) is 0 Å². The fourth-order valence-electron chi connectivity index (χ4n) is 4.80. The van der Waals surface area contributed by atoms with Crippen LogP contribution in [0.5, 0.6) is 0 Å². The van der Waals surface area contributed by atoms with Crippen molar-refractivity contribution in [2.45, 2.75) is 19.3 Å². The smallest absolute Gasteiger partial charge is 1.00 e. The van der Waals surface area contributed by atoms with Crippen LogP contribution in [0.1, 0.15) is 0 Å². The SMILES string of the molecule is C[Si](C)=[Zr+2]([C]12C=CC=C1/C=C/C=C\C=C/C=C/2)[C]12C=CC=C1/C=C/C=C\C=C/C=C/2.[Cl-].[Cl-]. The molecule has 0 aromatic rings. The van der Waals surface area contributed by atoms with Crippen LogP contribution in [0.2, 0.25) is 19.3 Å². The van der Waals surface area contributed by atoms with Crippen LogP contribution >= 0.6 is 0 Å². The molecular weight excluding hydrogens is 527 g/mol. The molecule has 0 saturated carbocycles. The van der Waals surface area contributed by atoms with Crippen LogP contribution in [-0.4, -0.2) is 5.43 Å². The van der Waals surface area contributed by atoms with Crippen molar-refractivity contribution in [1.29, 1.82) is 0 Å². The molecule has 0 spiro atoms. The Morgan fingerprint density at radius 2 is 0.844 bits per heavy atom. The van der Waals surface area contributed by atoms with Gasteiger partial charge in [0.1, 0.15) is 0 Å². The standard InChI is InChI=1S/2C13H11.C2H6Si.2ClH.Zr/c2*1-2-4-6-9-13-11-7-10-12(13)8-5-3-1;1-3-2;;;/h2*1-11H;1-2H3;2*1H;/q;;;;;+2/p-2/b2*3-1-,4-2-,8-5+,9-6+;;;;. The molecule has 4 aliphatic carbocycles. The van der Waals surface area contributed by atoms with E-state index in [4.69, 9.17) is 0 Å². The summed E-state index contributed by atoms with van der Waals surface area (Å²) < 4.78 is 0.114. The van der Waals surface area contributed by atoms with Crippen molar-refractivity contribution in [2.75, 3.05) is 0 Å². The van der Waals surface area contributed by atoms with Gasteiger partial charge in [0.15, 0.2) is 0 Å². The molecule has 162 valence electrons. The van der Waals surface area contributed by atoms with Gasteiger partial charge in [0.2, 0.25) is 0 Å². The van der Waals surface area contributed by atoms with E-state index in [-0.39, 0.29) is 31.1 Å². The summed E-state index contributed by atoms with van der Waals surface area (Å²) in [5, 5.41) is 0. The summed E-state index contributed by atoms with van der Waals surface area (Å²) in [6.45, 7) is 5.10. The molecular formula is C28H28Cl2SiZr. The number of hydrogen-bond donors (Lipinski definition) is 0. The van der Waals surface area contributed by atoms with Gasteiger partial charge in [0, 0.05) is 0 Å².